The van der Waals surface area contributed by atoms with Crippen molar-refractivity contribution >= 4 is 0 Å². The lowest BCUT2D eigenvalue weighted by atomic mass is 9.86. The number of hydrogen-bond donors (Lipinski definition) is 3. The van der Waals surface area contributed by atoms with E-state index in [1.165, 1.54) is 11.1 Å². The largest absolute Gasteiger partial charge is 0.489 e. The van der Waals surface area contributed by atoms with Crippen molar-refractivity contribution in [1.82, 2.24) is 0 Å². The van der Waals surface area contributed by atoms with Crippen molar-refractivity contribution in [2.24, 2.45) is 17.6 Å². The Balaban J connectivity index is 1.75. The second kappa shape index (κ2) is 9.60. The molecule has 0 saturated heterocycles. The van der Waals surface area contributed by atoms with Crippen molar-refractivity contribution in [1.29, 1.82) is 0 Å². The van der Waals surface area contributed by atoms with Crippen LogP contribution < -0.4 is 10.5 Å². The molecular weight excluding hydrogens is 350 g/mol. The van der Waals surface area contributed by atoms with Crippen LogP contribution in [-0.4, -0.2) is 35.1 Å². The van der Waals surface area contributed by atoms with Gasteiger partial charge in [-0.1, -0.05) is 37.3 Å². The lowest BCUT2D eigenvalue weighted by Crippen LogP contribution is -2.19. The zero-order valence-corrected chi connectivity index (χ0v) is 17.0. The molecule has 0 bridgehead atoms. The van der Waals surface area contributed by atoms with Gasteiger partial charge in [-0.15, -0.1) is 11.8 Å². The smallest absolute Gasteiger partial charge is 0.126 e. The fourth-order valence-electron chi connectivity index (χ4n) is 4.44. The number of nitrogens with two attached hydrogens (primary N) is 1. The summed E-state index contributed by atoms with van der Waals surface area (Å²) in [6.45, 7) is 4.52. The molecule has 2 aliphatic rings. The van der Waals surface area contributed by atoms with E-state index in [0.29, 0.717) is 19.4 Å². The summed E-state index contributed by atoms with van der Waals surface area (Å²) in [5.74, 6) is 7.08. The van der Waals surface area contributed by atoms with Crippen LogP contribution in [0.3, 0.4) is 0 Å². The third-order valence-corrected chi connectivity index (χ3v) is 6.10. The number of ether oxygens (including phenoxy) is 1. The van der Waals surface area contributed by atoms with E-state index in [2.05, 4.69) is 30.0 Å². The molecule has 0 aromatic heterocycles. The highest BCUT2D eigenvalue weighted by atomic mass is 16.5. The molecule has 1 aromatic carbocycles. The fraction of sp³-hybridized carbons (Fsp3) is 0.583. The summed E-state index contributed by atoms with van der Waals surface area (Å²) in [6.07, 6.45) is 7.17. The highest BCUT2D eigenvalue weighted by Gasteiger charge is 2.48. The minimum atomic E-state index is -0.559. The summed E-state index contributed by atoms with van der Waals surface area (Å²) in [5.41, 5.74) is 8.06. The molecule has 1 aromatic rings. The van der Waals surface area contributed by atoms with Crippen LogP contribution in [0.5, 0.6) is 5.75 Å². The molecule has 1 fully saturated rings. The Labute approximate surface area is 168 Å². The molecule has 4 N–H and O–H groups in total. The van der Waals surface area contributed by atoms with Gasteiger partial charge in [-0.3, -0.25) is 0 Å². The maximum absolute atomic E-state index is 10.6. The molecule has 1 heterocycles. The highest BCUT2D eigenvalue weighted by molar-refractivity contribution is 5.49. The Kier molecular flexibility index (Phi) is 7.18. The predicted molar refractivity (Wildman–Crippen MR) is 112 cm³/mol. The first-order valence-electron chi connectivity index (χ1n) is 10.5. The van der Waals surface area contributed by atoms with Crippen molar-refractivity contribution in [3.8, 4) is 17.6 Å². The average molecular weight is 384 g/mol. The first-order chi connectivity index (χ1) is 13.6. The number of rotatable bonds is 8. The Morgan fingerprint density at radius 2 is 2.18 bits per heavy atom. The first kappa shape index (κ1) is 20.9. The summed E-state index contributed by atoms with van der Waals surface area (Å²) in [5, 5.41) is 21.0. The van der Waals surface area contributed by atoms with Crippen molar-refractivity contribution in [3.05, 3.63) is 41.5 Å². The van der Waals surface area contributed by atoms with Crippen molar-refractivity contribution in [2.75, 3.05) is 6.54 Å². The van der Waals surface area contributed by atoms with Crippen LogP contribution in [0.1, 0.15) is 56.6 Å². The Hall–Kier alpha value is -1.80. The van der Waals surface area contributed by atoms with E-state index in [0.717, 1.165) is 25.0 Å². The molecule has 0 spiro atoms. The number of aliphatic hydroxyl groups excluding tert-OH is 2. The van der Waals surface area contributed by atoms with Gasteiger partial charge >= 0.3 is 0 Å². The molecule has 3 rings (SSSR count). The topological polar surface area (TPSA) is 75.7 Å². The monoisotopic (exact) mass is 383 g/mol. The standard InChI is InChI=1S/C24H33NO3/c1-3-4-8-16(2)20(26)13-12-18-21(27)15-22-23(18)19-11-7-10-17(24(19)28-22)9-5-6-14-25/h7,10-13,16,18,20-23,26-27H,5-6,8-9,14-15,25H2,1-2H3/b13-12+/t16-,18+,20-,21-,22+,23+/m1/s1. The Morgan fingerprint density at radius 1 is 1.36 bits per heavy atom. The normalized spacial score (nSPS) is 27.6. The maximum Gasteiger partial charge on any atom is 0.126 e. The second-order valence-electron chi connectivity index (χ2n) is 8.13. The summed E-state index contributed by atoms with van der Waals surface area (Å²) in [4.78, 5) is 0. The van der Waals surface area contributed by atoms with Crippen molar-refractivity contribution in [2.45, 2.75) is 70.2 Å². The van der Waals surface area contributed by atoms with Crippen LogP contribution in [0, 0.1) is 23.7 Å². The van der Waals surface area contributed by atoms with Gasteiger partial charge in [-0.2, -0.15) is 0 Å². The van der Waals surface area contributed by atoms with E-state index < -0.39 is 12.2 Å². The van der Waals surface area contributed by atoms with E-state index in [1.54, 1.807) is 0 Å². The minimum absolute atomic E-state index is 0.0100. The zero-order valence-electron chi connectivity index (χ0n) is 17.0. The van der Waals surface area contributed by atoms with E-state index in [9.17, 15) is 10.2 Å². The molecule has 6 atom stereocenters. The van der Waals surface area contributed by atoms with Gasteiger partial charge in [0.05, 0.1) is 12.2 Å². The van der Waals surface area contributed by atoms with Gasteiger partial charge < -0.3 is 20.7 Å². The van der Waals surface area contributed by atoms with Gasteiger partial charge in [0, 0.05) is 30.2 Å². The van der Waals surface area contributed by atoms with Gasteiger partial charge in [0.25, 0.3) is 0 Å². The SMILES string of the molecule is CC#CC[C@@H](C)[C@H](O)/C=C/[C@@H]1[C@H]2c3cccc(CCCCN)c3O[C@H]2C[C@H]1O. The van der Waals surface area contributed by atoms with Crippen LogP contribution in [0.15, 0.2) is 30.4 Å². The Morgan fingerprint density at radius 3 is 2.93 bits per heavy atom. The molecule has 1 saturated carbocycles. The van der Waals surface area contributed by atoms with Crippen LogP contribution in [0.25, 0.3) is 0 Å². The third kappa shape index (κ3) is 4.43. The maximum atomic E-state index is 10.6. The average Bonchev–Trinajstić information content (AvgIpc) is 3.19. The number of benzene rings is 1. The van der Waals surface area contributed by atoms with E-state index in [-0.39, 0.29) is 23.9 Å². The van der Waals surface area contributed by atoms with Gasteiger partial charge in [-0.05, 0) is 44.2 Å². The molecule has 152 valence electrons. The number of unbranched alkanes of at least 4 members (excludes halogenated alkanes) is 1. The van der Waals surface area contributed by atoms with Crippen LogP contribution in [0.4, 0.5) is 0 Å². The highest BCUT2D eigenvalue weighted by Crippen LogP contribution is 2.52. The molecule has 0 amide bonds. The lowest BCUT2D eigenvalue weighted by molar-refractivity contribution is 0.134. The summed E-state index contributed by atoms with van der Waals surface area (Å²) in [6, 6.07) is 6.35. The van der Waals surface area contributed by atoms with E-state index >= 15 is 0 Å². The molecule has 4 heteroatoms. The summed E-state index contributed by atoms with van der Waals surface area (Å²) >= 11 is 0. The van der Waals surface area contributed by atoms with Crippen LogP contribution >= 0.6 is 0 Å². The van der Waals surface area contributed by atoms with Crippen molar-refractivity contribution in [3.63, 3.8) is 0 Å². The molecule has 0 radical (unpaired) electrons. The number of aliphatic hydroxyl groups is 2. The lowest BCUT2D eigenvalue weighted by Gasteiger charge is -2.19. The van der Waals surface area contributed by atoms with Gasteiger partial charge in [0.1, 0.15) is 11.9 Å². The molecule has 4 nitrogen and oxygen atoms in total. The number of fused-ring (bicyclic) bond motifs is 3. The fourth-order valence-corrected chi connectivity index (χ4v) is 4.44. The number of aryl methyl sites for hydroxylation is 1. The molecule has 1 aliphatic heterocycles. The molecule has 1 aliphatic carbocycles. The number of hydrogen-bond acceptors (Lipinski definition) is 4. The third-order valence-electron chi connectivity index (χ3n) is 6.10. The first-order valence-corrected chi connectivity index (χ1v) is 10.5. The molecule has 28 heavy (non-hydrogen) atoms. The number of para-hydroxylation sites is 1. The van der Waals surface area contributed by atoms with Crippen molar-refractivity contribution < 1.29 is 14.9 Å². The quantitative estimate of drug-likeness (QED) is 0.366. The molecular formula is C24H33NO3. The van der Waals surface area contributed by atoms with E-state index in [4.69, 9.17) is 10.5 Å². The summed E-state index contributed by atoms with van der Waals surface area (Å²) in [7, 11) is 0. The van der Waals surface area contributed by atoms with E-state index in [1.807, 2.05) is 26.0 Å². The predicted octanol–water partition coefficient (Wildman–Crippen LogP) is 3.16. The molecule has 0 unspecified atom stereocenters. The van der Waals surface area contributed by atoms with Crippen LogP contribution in [-0.2, 0) is 6.42 Å². The summed E-state index contributed by atoms with van der Waals surface area (Å²) < 4.78 is 6.29. The van der Waals surface area contributed by atoms with Gasteiger partial charge in [0.2, 0.25) is 0 Å². The van der Waals surface area contributed by atoms with Gasteiger partial charge in [-0.25, -0.2) is 0 Å². The second-order valence-corrected chi connectivity index (χ2v) is 8.13. The van der Waals surface area contributed by atoms with Crippen LogP contribution in [0.2, 0.25) is 0 Å². The van der Waals surface area contributed by atoms with Gasteiger partial charge in [0.15, 0.2) is 0 Å². The zero-order chi connectivity index (χ0) is 20.1. The Bertz CT molecular complexity index is 748. The minimum Gasteiger partial charge on any atom is -0.489 e.